The van der Waals surface area contributed by atoms with Crippen molar-refractivity contribution in [2.24, 2.45) is 0 Å². The number of benzene rings is 21. The average Bonchev–Trinajstić information content (AvgIpc) is 1.65. The smallest absolute Gasteiger partial charge is 0.0159 e. The molecule has 0 saturated heterocycles. The van der Waals surface area contributed by atoms with Gasteiger partial charge in [-0.05, 0) is 291 Å². The standard InChI is InChI=1S/C59H40.C53H36.CH4/c1-59(2)55-34-44(39-22-26-41(27-23-39)48-21-11-17-40-14-7-8-18-47(40)48)30-31-49(55)52-35-53-54(36-56(52)59)58(46-29-25-38-13-4-6-16-43(38)33-46)51-20-10-9-19-50(51)57(53)45-28-24-37-12-3-5-15-42(37)32-45;1-53(2)49-30-38(42-21-11-17-35-14-7-8-18-41(35)42)26-27-43(49)46-31-47-48(32-50(46)53)52(40-25-23-34-13-4-6-16-37(34)29-40)45-20-10-9-19-44(45)51(47)39-24-22-33-12-3-5-15-36(33)28-39;/h3-36H,1-2H3;3-32H,1-2H3;1H4. The van der Waals surface area contributed by atoms with Crippen molar-refractivity contribution >= 4 is 108 Å². The summed E-state index contributed by atoms with van der Waals surface area (Å²) in [6.07, 6.45) is 0. The van der Waals surface area contributed by atoms with E-state index >= 15 is 0 Å². The fraction of sp³-hybridized carbons (Fsp3) is 0.0619. The molecule has 532 valence electrons. The van der Waals surface area contributed by atoms with Gasteiger partial charge in [-0.25, -0.2) is 0 Å². The van der Waals surface area contributed by atoms with E-state index in [2.05, 4.69) is 416 Å². The molecule has 0 bridgehead atoms. The Kier molecular flexibility index (Phi) is 15.6. The molecule has 0 heterocycles. The lowest BCUT2D eigenvalue weighted by atomic mass is 9.79. The molecule has 0 heteroatoms. The van der Waals surface area contributed by atoms with Gasteiger partial charge in [-0.3, -0.25) is 0 Å². The highest BCUT2D eigenvalue weighted by Crippen LogP contribution is 2.57. The van der Waals surface area contributed by atoms with Crippen LogP contribution in [0.2, 0.25) is 0 Å². The normalized spacial score (nSPS) is 13.0. The lowest BCUT2D eigenvalue weighted by Crippen LogP contribution is -2.15. The summed E-state index contributed by atoms with van der Waals surface area (Å²) in [7, 11) is 0. The van der Waals surface area contributed by atoms with Crippen LogP contribution in [-0.2, 0) is 10.8 Å². The Balaban J connectivity index is 0.000000142. The van der Waals surface area contributed by atoms with Crippen LogP contribution in [0.3, 0.4) is 0 Å². The van der Waals surface area contributed by atoms with Crippen molar-refractivity contribution in [3.8, 4) is 100 Å². The highest BCUT2D eigenvalue weighted by atomic mass is 14.4. The van der Waals surface area contributed by atoms with E-state index in [9.17, 15) is 0 Å². The van der Waals surface area contributed by atoms with Crippen LogP contribution in [0.15, 0.2) is 388 Å². The Morgan fingerprint density at radius 2 is 0.398 bits per heavy atom. The minimum Gasteiger partial charge on any atom is -0.0776 e. The van der Waals surface area contributed by atoms with Crippen molar-refractivity contribution < 1.29 is 0 Å². The molecule has 2 aliphatic carbocycles. The number of rotatable bonds is 7. The second-order valence-electron chi connectivity index (χ2n) is 32.1. The van der Waals surface area contributed by atoms with Crippen molar-refractivity contribution in [1.29, 1.82) is 0 Å². The van der Waals surface area contributed by atoms with Gasteiger partial charge < -0.3 is 0 Å². The van der Waals surface area contributed by atoms with E-state index in [1.54, 1.807) is 0 Å². The van der Waals surface area contributed by atoms with Gasteiger partial charge in [0.05, 0.1) is 0 Å². The van der Waals surface area contributed by atoms with Gasteiger partial charge in [-0.15, -0.1) is 0 Å². The van der Waals surface area contributed by atoms with Gasteiger partial charge in [0.1, 0.15) is 0 Å². The van der Waals surface area contributed by atoms with Crippen molar-refractivity contribution in [3.63, 3.8) is 0 Å². The van der Waals surface area contributed by atoms with Crippen LogP contribution < -0.4 is 0 Å². The molecule has 0 unspecified atom stereocenters. The van der Waals surface area contributed by atoms with Crippen LogP contribution in [-0.4, -0.2) is 0 Å². The number of hydrogen-bond acceptors (Lipinski definition) is 0. The molecule has 2 aliphatic rings. The summed E-state index contributed by atoms with van der Waals surface area (Å²) in [6.45, 7) is 9.66. The molecule has 0 saturated carbocycles. The first-order valence-electron chi connectivity index (χ1n) is 39.4. The zero-order chi connectivity index (χ0) is 74.5. The fourth-order valence-electron chi connectivity index (χ4n) is 19.6. The van der Waals surface area contributed by atoms with Gasteiger partial charge >= 0.3 is 0 Å². The zero-order valence-corrected chi connectivity index (χ0v) is 63.0. The van der Waals surface area contributed by atoms with E-state index in [4.69, 9.17) is 0 Å². The predicted octanol–water partition coefficient (Wildman–Crippen LogP) is 31.8. The van der Waals surface area contributed by atoms with Gasteiger partial charge in [-0.2, -0.15) is 0 Å². The lowest BCUT2D eigenvalue weighted by molar-refractivity contribution is 0.661. The van der Waals surface area contributed by atoms with Gasteiger partial charge in [0.2, 0.25) is 0 Å². The summed E-state index contributed by atoms with van der Waals surface area (Å²) in [5.74, 6) is 0. The molecule has 113 heavy (non-hydrogen) atoms. The maximum absolute atomic E-state index is 2.55. The molecule has 0 fully saturated rings. The minimum atomic E-state index is -0.201. The molecule has 0 amide bonds. The Morgan fingerprint density at radius 3 is 0.770 bits per heavy atom. The van der Waals surface area contributed by atoms with Crippen LogP contribution in [0, 0.1) is 0 Å². The Morgan fingerprint density at radius 1 is 0.142 bits per heavy atom. The first-order valence-corrected chi connectivity index (χ1v) is 39.4. The Hall–Kier alpha value is -13.8. The monoisotopic (exact) mass is 1440 g/mol. The van der Waals surface area contributed by atoms with E-state index < -0.39 is 0 Å². The third-order valence-corrected chi connectivity index (χ3v) is 25.2. The van der Waals surface area contributed by atoms with Gasteiger partial charge in [0, 0.05) is 10.8 Å². The molecule has 0 spiro atoms. The van der Waals surface area contributed by atoms with E-state index in [1.807, 2.05) is 0 Å². The van der Waals surface area contributed by atoms with Gasteiger partial charge in [0.25, 0.3) is 0 Å². The first kappa shape index (κ1) is 67.3. The molecule has 0 aromatic heterocycles. The molecule has 23 rings (SSSR count). The molecule has 0 radical (unpaired) electrons. The molecule has 21 aromatic carbocycles. The van der Waals surface area contributed by atoms with Crippen molar-refractivity contribution in [1.82, 2.24) is 0 Å². The Labute approximate surface area is 659 Å². The topological polar surface area (TPSA) is 0 Å². The molecule has 0 aliphatic heterocycles. The first-order chi connectivity index (χ1) is 55.0. The second kappa shape index (κ2) is 26.2. The predicted molar refractivity (Wildman–Crippen MR) is 488 cm³/mol. The third kappa shape index (κ3) is 10.8. The minimum absolute atomic E-state index is 0. The van der Waals surface area contributed by atoms with Gasteiger partial charge in [-0.1, -0.05) is 363 Å². The largest absolute Gasteiger partial charge is 0.0776 e. The van der Waals surface area contributed by atoms with E-state index in [1.165, 1.54) is 230 Å². The van der Waals surface area contributed by atoms with Crippen LogP contribution in [0.4, 0.5) is 0 Å². The lowest BCUT2D eigenvalue weighted by Gasteiger charge is -2.24. The highest BCUT2D eigenvalue weighted by Gasteiger charge is 2.39. The summed E-state index contributed by atoms with van der Waals surface area (Å²) < 4.78 is 0. The number of fused-ring (bicyclic) bond motifs is 16. The summed E-state index contributed by atoms with van der Waals surface area (Å²) in [4.78, 5) is 0. The second-order valence-corrected chi connectivity index (χ2v) is 32.1. The maximum atomic E-state index is 2.55. The third-order valence-electron chi connectivity index (χ3n) is 25.2. The van der Waals surface area contributed by atoms with Crippen molar-refractivity contribution in [2.75, 3.05) is 0 Å². The zero-order valence-electron chi connectivity index (χ0n) is 63.0. The quantitative estimate of drug-likeness (QED) is 0.140. The summed E-state index contributed by atoms with van der Waals surface area (Å²) >= 11 is 0. The molecular weight excluding hydrogens is 1360 g/mol. The van der Waals surface area contributed by atoms with Crippen LogP contribution in [0.25, 0.3) is 208 Å². The summed E-state index contributed by atoms with van der Waals surface area (Å²) in [5, 5.41) is 25.5. The molecule has 0 atom stereocenters. The van der Waals surface area contributed by atoms with E-state index in [-0.39, 0.29) is 18.3 Å². The maximum Gasteiger partial charge on any atom is 0.0159 e. The average molecular weight is 1440 g/mol. The molecule has 0 N–H and O–H groups in total. The molecule has 0 nitrogen and oxygen atoms in total. The SMILES string of the molecule is C.CC1(C)c2cc(-c3ccc(-c4cccc5ccccc45)cc3)ccc2-c2cc3c(-c4ccc5ccccc5c4)c4ccccc4c(-c4ccc5ccccc5c4)c3cc21.CC1(C)c2cc(-c3cccc4ccccc34)ccc2-c2cc3c(-c4ccc5ccccc5c4)c4ccccc4c(-c4ccc5ccccc5c4)c3cc21. The fourth-order valence-corrected chi connectivity index (χ4v) is 19.6. The Bertz CT molecular complexity index is 7540. The van der Waals surface area contributed by atoms with Crippen molar-refractivity contribution in [2.45, 2.75) is 46.0 Å². The van der Waals surface area contributed by atoms with Crippen molar-refractivity contribution in [3.05, 3.63) is 411 Å². The number of hydrogen-bond donors (Lipinski definition) is 0. The van der Waals surface area contributed by atoms with Gasteiger partial charge in [0.15, 0.2) is 0 Å². The summed E-state index contributed by atoms with van der Waals surface area (Å²) in [5.41, 5.74) is 28.2. The summed E-state index contributed by atoms with van der Waals surface area (Å²) in [6, 6.07) is 145. The molecule has 21 aromatic rings. The van der Waals surface area contributed by atoms with E-state index in [0.717, 1.165) is 0 Å². The van der Waals surface area contributed by atoms with E-state index in [0.29, 0.717) is 0 Å². The highest BCUT2D eigenvalue weighted by molar-refractivity contribution is 6.25. The van der Waals surface area contributed by atoms with Crippen LogP contribution in [0.5, 0.6) is 0 Å². The molecular formula is C113H80. The van der Waals surface area contributed by atoms with Crippen LogP contribution in [0.1, 0.15) is 57.4 Å². The van der Waals surface area contributed by atoms with Crippen LogP contribution >= 0.6 is 0 Å².